The van der Waals surface area contributed by atoms with E-state index < -0.39 is 23.1 Å². The van der Waals surface area contributed by atoms with Gasteiger partial charge in [-0.15, -0.1) is 11.8 Å². The zero-order valence-corrected chi connectivity index (χ0v) is 19.3. The second-order valence-corrected chi connectivity index (χ2v) is 8.90. The minimum absolute atomic E-state index is 0.0481. The molecule has 1 unspecified atom stereocenters. The second-order valence-electron chi connectivity index (χ2n) is 7.08. The highest BCUT2D eigenvalue weighted by molar-refractivity contribution is 8.00. The largest absolute Gasteiger partial charge is 0.478 e. The van der Waals surface area contributed by atoms with Crippen LogP contribution >= 0.6 is 23.4 Å². The first-order valence-corrected chi connectivity index (χ1v) is 11.2. The topological polar surface area (TPSA) is 133 Å². The Balaban J connectivity index is 1.61. The SMILES string of the molecule is CC(Sc1ccc(NC(=O)c2ccccc2C(=O)O)cc1)C(=O)Nc1ccc(Cl)c(C(=O)O)c1. The molecule has 0 heterocycles. The number of aromatic carboxylic acids is 2. The Hall–Kier alpha value is -3.82. The van der Waals surface area contributed by atoms with Crippen molar-refractivity contribution in [3.05, 3.63) is 88.4 Å². The summed E-state index contributed by atoms with van der Waals surface area (Å²) in [5.74, 6) is -3.26. The van der Waals surface area contributed by atoms with Crippen LogP contribution in [0.15, 0.2) is 71.6 Å². The van der Waals surface area contributed by atoms with Crippen molar-refractivity contribution in [3.8, 4) is 0 Å². The molecule has 2 amide bonds. The van der Waals surface area contributed by atoms with Gasteiger partial charge >= 0.3 is 11.9 Å². The molecule has 0 aliphatic heterocycles. The minimum Gasteiger partial charge on any atom is -0.478 e. The first-order chi connectivity index (χ1) is 16.2. The highest BCUT2D eigenvalue weighted by Gasteiger charge is 2.18. The first kappa shape index (κ1) is 24.8. The van der Waals surface area contributed by atoms with Crippen LogP contribution in [0.5, 0.6) is 0 Å². The molecule has 10 heteroatoms. The summed E-state index contributed by atoms with van der Waals surface area (Å²) < 4.78 is 0. The summed E-state index contributed by atoms with van der Waals surface area (Å²) in [6.45, 7) is 1.70. The van der Waals surface area contributed by atoms with E-state index in [0.29, 0.717) is 11.4 Å². The second kappa shape index (κ2) is 10.9. The Kier molecular flexibility index (Phi) is 7.93. The Morgan fingerprint density at radius 1 is 0.794 bits per heavy atom. The van der Waals surface area contributed by atoms with E-state index in [9.17, 15) is 24.3 Å². The van der Waals surface area contributed by atoms with Crippen LogP contribution in [0.25, 0.3) is 0 Å². The number of carboxylic acid groups (broad SMARTS) is 2. The third kappa shape index (κ3) is 6.15. The van der Waals surface area contributed by atoms with Crippen molar-refractivity contribution in [2.45, 2.75) is 17.1 Å². The van der Waals surface area contributed by atoms with Crippen LogP contribution in [0.4, 0.5) is 11.4 Å². The van der Waals surface area contributed by atoms with Gasteiger partial charge in [0.2, 0.25) is 5.91 Å². The van der Waals surface area contributed by atoms with Crippen molar-refractivity contribution in [2.24, 2.45) is 0 Å². The van der Waals surface area contributed by atoms with E-state index in [-0.39, 0.29) is 27.6 Å². The lowest BCUT2D eigenvalue weighted by Crippen LogP contribution is -2.22. The number of hydrogen-bond donors (Lipinski definition) is 4. The molecule has 8 nitrogen and oxygen atoms in total. The fraction of sp³-hybridized carbons (Fsp3) is 0.0833. The van der Waals surface area contributed by atoms with Gasteiger partial charge in [-0.25, -0.2) is 9.59 Å². The summed E-state index contributed by atoms with van der Waals surface area (Å²) in [5, 5.41) is 23.3. The summed E-state index contributed by atoms with van der Waals surface area (Å²) in [6, 6.07) is 16.9. The summed E-state index contributed by atoms with van der Waals surface area (Å²) in [7, 11) is 0. The highest BCUT2D eigenvalue weighted by atomic mass is 35.5. The number of anilines is 2. The molecule has 0 spiro atoms. The number of thioether (sulfide) groups is 1. The van der Waals surface area contributed by atoms with E-state index in [1.165, 1.54) is 42.1 Å². The van der Waals surface area contributed by atoms with Gasteiger partial charge in [0.15, 0.2) is 0 Å². The van der Waals surface area contributed by atoms with Gasteiger partial charge in [-0.3, -0.25) is 9.59 Å². The van der Waals surface area contributed by atoms with E-state index in [0.717, 1.165) is 4.90 Å². The van der Waals surface area contributed by atoms with Crippen LogP contribution in [0.3, 0.4) is 0 Å². The van der Waals surface area contributed by atoms with Crippen LogP contribution in [0, 0.1) is 0 Å². The van der Waals surface area contributed by atoms with Gasteiger partial charge in [-0.1, -0.05) is 23.7 Å². The standard InChI is InChI=1S/C24H19ClN2O6S/c1-13(21(28)27-15-8-11-20(25)19(12-15)24(32)33)34-16-9-6-14(7-10-16)26-22(29)17-4-2-3-5-18(17)23(30)31/h2-13H,1H3,(H,26,29)(H,27,28)(H,30,31)(H,32,33). The molecular weight excluding hydrogens is 480 g/mol. The fourth-order valence-corrected chi connectivity index (χ4v) is 4.02. The molecule has 0 radical (unpaired) electrons. The van der Waals surface area contributed by atoms with Gasteiger partial charge in [-0.2, -0.15) is 0 Å². The number of carbonyl (C=O) groups is 4. The average molecular weight is 499 g/mol. The zero-order valence-electron chi connectivity index (χ0n) is 17.7. The predicted molar refractivity (Wildman–Crippen MR) is 130 cm³/mol. The van der Waals surface area contributed by atoms with Gasteiger partial charge in [0.25, 0.3) is 5.91 Å². The molecule has 3 aromatic carbocycles. The lowest BCUT2D eigenvalue weighted by molar-refractivity contribution is -0.115. The van der Waals surface area contributed by atoms with Crippen molar-refractivity contribution in [1.82, 2.24) is 0 Å². The molecule has 0 saturated heterocycles. The molecule has 3 aromatic rings. The Morgan fingerprint density at radius 2 is 1.38 bits per heavy atom. The summed E-state index contributed by atoms with van der Waals surface area (Å²) >= 11 is 7.12. The van der Waals surface area contributed by atoms with Crippen LogP contribution in [-0.4, -0.2) is 39.2 Å². The third-order valence-corrected chi connectivity index (χ3v) is 6.10. The lowest BCUT2D eigenvalue weighted by atomic mass is 10.1. The van der Waals surface area contributed by atoms with Crippen molar-refractivity contribution in [2.75, 3.05) is 10.6 Å². The smallest absolute Gasteiger partial charge is 0.337 e. The molecule has 0 aliphatic rings. The van der Waals surface area contributed by atoms with Crippen LogP contribution < -0.4 is 10.6 Å². The fourth-order valence-electron chi connectivity index (χ4n) is 2.95. The summed E-state index contributed by atoms with van der Waals surface area (Å²) in [6.07, 6.45) is 0. The molecular formula is C24H19ClN2O6S. The zero-order chi connectivity index (χ0) is 24.8. The number of carboxylic acids is 2. The van der Waals surface area contributed by atoms with Crippen molar-refractivity contribution in [3.63, 3.8) is 0 Å². The van der Waals surface area contributed by atoms with Gasteiger partial charge in [0.1, 0.15) is 0 Å². The maximum Gasteiger partial charge on any atom is 0.337 e. The highest BCUT2D eigenvalue weighted by Crippen LogP contribution is 2.27. The molecule has 4 N–H and O–H groups in total. The predicted octanol–water partition coefficient (Wildman–Crippen LogP) is 5.11. The number of benzene rings is 3. The van der Waals surface area contributed by atoms with Crippen LogP contribution in [0.1, 0.15) is 38.0 Å². The van der Waals surface area contributed by atoms with Crippen molar-refractivity contribution in [1.29, 1.82) is 0 Å². The van der Waals surface area contributed by atoms with Crippen molar-refractivity contribution >= 4 is 58.5 Å². The number of carbonyl (C=O) groups excluding carboxylic acids is 2. The summed E-state index contributed by atoms with van der Waals surface area (Å²) in [5.41, 5.74) is 0.631. The van der Waals surface area contributed by atoms with Crippen LogP contribution in [-0.2, 0) is 4.79 Å². The Labute approximate surface area is 203 Å². The van der Waals surface area contributed by atoms with Gasteiger partial charge in [0.05, 0.1) is 27.0 Å². The molecule has 34 heavy (non-hydrogen) atoms. The maximum absolute atomic E-state index is 12.5. The molecule has 0 saturated carbocycles. The molecule has 1 atom stereocenters. The number of hydrogen-bond acceptors (Lipinski definition) is 5. The lowest BCUT2D eigenvalue weighted by Gasteiger charge is -2.13. The molecule has 0 aliphatic carbocycles. The van der Waals surface area contributed by atoms with E-state index in [1.807, 2.05) is 0 Å². The quantitative estimate of drug-likeness (QED) is 0.317. The van der Waals surface area contributed by atoms with Crippen LogP contribution in [0.2, 0.25) is 5.02 Å². The summed E-state index contributed by atoms with van der Waals surface area (Å²) in [4.78, 5) is 48.3. The molecule has 0 aromatic heterocycles. The van der Waals surface area contributed by atoms with E-state index >= 15 is 0 Å². The normalized spacial score (nSPS) is 11.4. The molecule has 0 fully saturated rings. The van der Waals surface area contributed by atoms with E-state index in [4.69, 9.17) is 16.7 Å². The average Bonchev–Trinajstić information content (AvgIpc) is 2.81. The van der Waals surface area contributed by atoms with E-state index in [2.05, 4.69) is 10.6 Å². The number of halogens is 1. The minimum atomic E-state index is -1.19. The first-order valence-electron chi connectivity index (χ1n) is 9.90. The number of nitrogens with one attached hydrogen (secondary N) is 2. The van der Waals surface area contributed by atoms with Gasteiger partial charge in [0, 0.05) is 16.3 Å². The third-order valence-electron chi connectivity index (χ3n) is 4.66. The monoisotopic (exact) mass is 498 g/mol. The molecule has 0 bridgehead atoms. The maximum atomic E-state index is 12.5. The van der Waals surface area contributed by atoms with E-state index in [1.54, 1.807) is 43.3 Å². The number of amides is 2. The molecule has 174 valence electrons. The number of rotatable bonds is 8. The van der Waals surface area contributed by atoms with Gasteiger partial charge < -0.3 is 20.8 Å². The Morgan fingerprint density at radius 3 is 2.00 bits per heavy atom. The Bertz CT molecular complexity index is 1260. The van der Waals surface area contributed by atoms with Gasteiger partial charge in [-0.05, 0) is 61.5 Å². The molecule has 3 rings (SSSR count). The van der Waals surface area contributed by atoms with Crippen molar-refractivity contribution < 1.29 is 29.4 Å².